The Kier molecular flexibility index (Phi) is 5.40. The first-order chi connectivity index (χ1) is 6.93. The van der Waals surface area contributed by atoms with Gasteiger partial charge >= 0.3 is 0 Å². The molecule has 3 heteroatoms. The lowest BCUT2D eigenvalue weighted by Gasteiger charge is -2.00. The van der Waals surface area contributed by atoms with Crippen LogP contribution in [0.15, 0.2) is 24.5 Å². The van der Waals surface area contributed by atoms with Crippen LogP contribution in [0.3, 0.4) is 0 Å². The topological polar surface area (TPSA) is 39.2 Å². The van der Waals surface area contributed by atoms with Crippen LogP contribution >= 0.6 is 0 Å². The molecular formula is C11H15NO2. The average Bonchev–Trinajstić information content (AvgIpc) is 2.25. The van der Waals surface area contributed by atoms with E-state index in [9.17, 15) is 4.79 Å². The van der Waals surface area contributed by atoms with Gasteiger partial charge in [0, 0.05) is 12.4 Å². The Morgan fingerprint density at radius 2 is 2.29 bits per heavy atom. The monoisotopic (exact) mass is 193 g/mol. The molecule has 0 aliphatic heterocycles. The van der Waals surface area contributed by atoms with E-state index in [1.807, 2.05) is 12.3 Å². The number of hydrogen-bond acceptors (Lipinski definition) is 3. The zero-order chi connectivity index (χ0) is 10.1. The highest BCUT2D eigenvalue weighted by Crippen LogP contribution is 2.04. The summed E-state index contributed by atoms with van der Waals surface area (Å²) in [6.45, 7) is 1.04. The second-order valence-corrected chi connectivity index (χ2v) is 3.14. The van der Waals surface area contributed by atoms with E-state index >= 15 is 0 Å². The number of carbonyl (C=O) groups excluding carboxylic acids is 1. The molecule has 0 aliphatic rings. The molecule has 0 radical (unpaired) electrons. The number of ether oxygens (including phenoxy) is 1. The van der Waals surface area contributed by atoms with Crippen molar-refractivity contribution in [1.82, 2.24) is 4.98 Å². The Labute approximate surface area is 84.1 Å². The molecule has 1 heterocycles. The summed E-state index contributed by atoms with van der Waals surface area (Å²) in [5.41, 5.74) is 1.27. The Bertz CT molecular complexity index is 249. The normalized spacial score (nSPS) is 9.71. The number of aromatic nitrogens is 1. The van der Waals surface area contributed by atoms with Crippen molar-refractivity contribution in [3.63, 3.8) is 0 Å². The molecule has 0 saturated carbocycles. The minimum absolute atomic E-state index is 0.501. The maximum Gasteiger partial charge on any atom is 0.293 e. The molecular weight excluding hydrogens is 178 g/mol. The molecule has 3 nitrogen and oxygen atoms in total. The fraction of sp³-hybridized carbons (Fsp3) is 0.455. The fourth-order valence-corrected chi connectivity index (χ4v) is 1.29. The van der Waals surface area contributed by atoms with Gasteiger partial charge in [-0.2, -0.15) is 0 Å². The molecule has 0 aliphatic carbocycles. The molecule has 0 spiro atoms. The van der Waals surface area contributed by atoms with Crippen LogP contribution in [-0.2, 0) is 16.0 Å². The molecule has 0 amide bonds. The minimum atomic E-state index is 0.501. The van der Waals surface area contributed by atoms with E-state index in [-0.39, 0.29) is 0 Å². The van der Waals surface area contributed by atoms with Gasteiger partial charge in [-0.15, -0.1) is 0 Å². The van der Waals surface area contributed by atoms with Crippen LogP contribution in [-0.4, -0.2) is 18.1 Å². The summed E-state index contributed by atoms with van der Waals surface area (Å²) in [5, 5.41) is 0. The van der Waals surface area contributed by atoms with Crippen LogP contribution in [0.4, 0.5) is 0 Å². The SMILES string of the molecule is O=COCCCCCc1cccnc1. The number of hydrogen-bond donors (Lipinski definition) is 0. The van der Waals surface area contributed by atoms with Gasteiger partial charge in [0.05, 0.1) is 6.61 Å². The van der Waals surface area contributed by atoms with E-state index in [1.165, 1.54) is 5.56 Å². The number of pyridine rings is 1. The van der Waals surface area contributed by atoms with Gasteiger partial charge in [-0.25, -0.2) is 0 Å². The van der Waals surface area contributed by atoms with Crippen molar-refractivity contribution in [3.8, 4) is 0 Å². The van der Waals surface area contributed by atoms with Crippen molar-refractivity contribution < 1.29 is 9.53 Å². The van der Waals surface area contributed by atoms with E-state index in [0.717, 1.165) is 25.7 Å². The maximum atomic E-state index is 9.83. The highest BCUT2D eigenvalue weighted by Gasteiger charge is 1.93. The number of aryl methyl sites for hydroxylation is 1. The van der Waals surface area contributed by atoms with Crippen LogP contribution in [0.25, 0.3) is 0 Å². The lowest BCUT2D eigenvalue weighted by molar-refractivity contribution is -0.128. The highest BCUT2D eigenvalue weighted by molar-refractivity contribution is 5.36. The second-order valence-electron chi connectivity index (χ2n) is 3.14. The van der Waals surface area contributed by atoms with E-state index in [0.29, 0.717) is 13.1 Å². The van der Waals surface area contributed by atoms with E-state index in [2.05, 4.69) is 15.8 Å². The predicted octanol–water partition coefficient (Wildman–Crippen LogP) is 1.97. The minimum Gasteiger partial charge on any atom is -0.468 e. The van der Waals surface area contributed by atoms with Crippen molar-refractivity contribution >= 4 is 6.47 Å². The van der Waals surface area contributed by atoms with Crippen molar-refractivity contribution in [2.75, 3.05) is 6.61 Å². The first-order valence-electron chi connectivity index (χ1n) is 4.87. The molecule has 14 heavy (non-hydrogen) atoms. The van der Waals surface area contributed by atoms with Crippen LogP contribution in [0, 0.1) is 0 Å². The first-order valence-corrected chi connectivity index (χ1v) is 4.87. The van der Waals surface area contributed by atoms with Crippen LogP contribution in [0.2, 0.25) is 0 Å². The number of unbranched alkanes of at least 4 members (excludes halogenated alkanes) is 2. The van der Waals surface area contributed by atoms with E-state index in [1.54, 1.807) is 6.20 Å². The summed E-state index contributed by atoms with van der Waals surface area (Å²) in [7, 11) is 0. The number of nitrogens with zero attached hydrogens (tertiary/aromatic N) is 1. The summed E-state index contributed by atoms with van der Waals surface area (Å²) in [4.78, 5) is 13.9. The van der Waals surface area contributed by atoms with Gasteiger partial charge in [0.1, 0.15) is 0 Å². The zero-order valence-corrected chi connectivity index (χ0v) is 8.19. The lowest BCUT2D eigenvalue weighted by atomic mass is 10.1. The molecule has 1 rings (SSSR count). The van der Waals surface area contributed by atoms with E-state index < -0.39 is 0 Å². The van der Waals surface area contributed by atoms with Crippen LogP contribution in [0.5, 0.6) is 0 Å². The zero-order valence-electron chi connectivity index (χ0n) is 8.19. The van der Waals surface area contributed by atoms with Crippen molar-refractivity contribution in [1.29, 1.82) is 0 Å². The molecule has 1 aromatic heterocycles. The maximum absolute atomic E-state index is 9.83. The molecule has 0 unspecified atom stereocenters. The standard InChI is InChI=1S/C11H15NO2/c13-10-14-8-3-1-2-5-11-6-4-7-12-9-11/h4,6-7,9-10H,1-3,5,8H2. The van der Waals surface area contributed by atoms with Gasteiger partial charge in [-0.1, -0.05) is 6.07 Å². The second kappa shape index (κ2) is 7.06. The Balaban J connectivity index is 2.02. The fourth-order valence-electron chi connectivity index (χ4n) is 1.29. The molecule has 0 fully saturated rings. The summed E-state index contributed by atoms with van der Waals surface area (Å²) in [5.74, 6) is 0. The molecule has 1 aromatic rings. The highest BCUT2D eigenvalue weighted by atomic mass is 16.5. The van der Waals surface area contributed by atoms with Crippen LogP contribution in [0.1, 0.15) is 24.8 Å². The third kappa shape index (κ3) is 4.60. The molecule has 0 saturated heterocycles. The molecule has 76 valence electrons. The van der Waals surface area contributed by atoms with Gasteiger partial charge in [-0.05, 0) is 37.3 Å². The first kappa shape index (κ1) is 10.7. The third-order valence-corrected chi connectivity index (χ3v) is 2.02. The van der Waals surface area contributed by atoms with Crippen LogP contribution < -0.4 is 0 Å². The number of rotatable bonds is 7. The number of carbonyl (C=O) groups is 1. The van der Waals surface area contributed by atoms with Crippen molar-refractivity contribution in [2.24, 2.45) is 0 Å². The largest absolute Gasteiger partial charge is 0.468 e. The summed E-state index contributed by atoms with van der Waals surface area (Å²) >= 11 is 0. The van der Waals surface area contributed by atoms with Gasteiger partial charge in [-0.3, -0.25) is 9.78 Å². The Morgan fingerprint density at radius 3 is 3.00 bits per heavy atom. The smallest absolute Gasteiger partial charge is 0.293 e. The lowest BCUT2D eigenvalue weighted by Crippen LogP contribution is -1.92. The molecule has 0 N–H and O–H groups in total. The van der Waals surface area contributed by atoms with Crippen molar-refractivity contribution in [2.45, 2.75) is 25.7 Å². The van der Waals surface area contributed by atoms with E-state index in [4.69, 9.17) is 0 Å². The van der Waals surface area contributed by atoms with Crippen molar-refractivity contribution in [3.05, 3.63) is 30.1 Å². The van der Waals surface area contributed by atoms with Gasteiger partial charge < -0.3 is 4.74 Å². The average molecular weight is 193 g/mol. The quantitative estimate of drug-likeness (QED) is 0.491. The molecule has 0 bridgehead atoms. The summed E-state index contributed by atoms with van der Waals surface area (Å²) in [6.07, 6.45) is 7.87. The van der Waals surface area contributed by atoms with Gasteiger partial charge in [0.25, 0.3) is 6.47 Å². The Hall–Kier alpha value is -1.38. The van der Waals surface area contributed by atoms with Gasteiger partial charge in [0.2, 0.25) is 0 Å². The third-order valence-electron chi connectivity index (χ3n) is 2.02. The Morgan fingerprint density at radius 1 is 1.36 bits per heavy atom. The predicted molar refractivity (Wildman–Crippen MR) is 53.8 cm³/mol. The molecule has 0 atom stereocenters. The summed E-state index contributed by atoms with van der Waals surface area (Å²) in [6, 6.07) is 4.03. The van der Waals surface area contributed by atoms with Gasteiger partial charge in [0.15, 0.2) is 0 Å². The summed E-state index contributed by atoms with van der Waals surface area (Å²) < 4.78 is 4.59. The molecule has 0 aromatic carbocycles.